The van der Waals surface area contributed by atoms with Crippen LogP contribution in [0.2, 0.25) is 0 Å². The molecule has 0 fully saturated rings. The lowest BCUT2D eigenvalue weighted by atomic mass is 9.85. The number of unbranched alkanes of at least 4 members (excludes halogenated alkanes) is 1. The molecule has 0 bridgehead atoms. The van der Waals surface area contributed by atoms with Crippen molar-refractivity contribution in [2.75, 3.05) is 13.1 Å². The van der Waals surface area contributed by atoms with Gasteiger partial charge in [0.25, 0.3) is 5.91 Å². The van der Waals surface area contributed by atoms with Crippen molar-refractivity contribution in [3.05, 3.63) is 17.0 Å². The first-order chi connectivity index (χ1) is 10.3. The second-order valence-electron chi connectivity index (χ2n) is 6.63. The van der Waals surface area contributed by atoms with Gasteiger partial charge in [0.05, 0.1) is 0 Å². The molecule has 22 heavy (non-hydrogen) atoms. The monoisotopic (exact) mass is 309 g/mol. The number of rotatable bonds is 9. The van der Waals surface area contributed by atoms with E-state index in [4.69, 9.17) is 4.52 Å². The van der Waals surface area contributed by atoms with Crippen molar-refractivity contribution in [3.63, 3.8) is 0 Å². The average molecular weight is 309 g/mol. The molecule has 1 atom stereocenters. The molecule has 0 saturated carbocycles. The van der Waals surface area contributed by atoms with Crippen LogP contribution in [0.3, 0.4) is 0 Å². The summed E-state index contributed by atoms with van der Waals surface area (Å²) in [5.41, 5.74) is 1.21. The number of hydrogen-bond acceptors (Lipinski definition) is 4. The van der Waals surface area contributed by atoms with E-state index in [9.17, 15) is 4.79 Å². The number of amides is 1. The summed E-state index contributed by atoms with van der Waals surface area (Å²) in [6.07, 6.45) is 3.10. The molecular formula is C17H31N3O2. The number of carbonyl (C=O) groups excluding carboxylic acids is 1. The molecular weight excluding hydrogens is 278 g/mol. The van der Waals surface area contributed by atoms with Crippen LogP contribution in [0.4, 0.5) is 0 Å². The van der Waals surface area contributed by atoms with Gasteiger partial charge in [-0.15, -0.1) is 0 Å². The fourth-order valence-corrected chi connectivity index (χ4v) is 2.23. The first-order valence-corrected chi connectivity index (χ1v) is 8.30. The van der Waals surface area contributed by atoms with Crippen LogP contribution in [0.5, 0.6) is 0 Å². The Morgan fingerprint density at radius 2 is 2.05 bits per heavy atom. The van der Waals surface area contributed by atoms with E-state index in [0.717, 1.165) is 24.3 Å². The summed E-state index contributed by atoms with van der Waals surface area (Å²) in [5, 5.41) is 10.4. The highest BCUT2D eigenvalue weighted by molar-refractivity contribution is 5.93. The van der Waals surface area contributed by atoms with Gasteiger partial charge in [-0.3, -0.25) is 4.79 Å². The van der Waals surface area contributed by atoms with E-state index in [2.05, 4.69) is 43.5 Å². The van der Waals surface area contributed by atoms with E-state index in [1.807, 2.05) is 13.8 Å². The van der Waals surface area contributed by atoms with E-state index in [0.29, 0.717) is 18.3 Å². The number of hydrogen-bond donors (Lipinski definition) is 2. The average Bonchev–Trinajstić information content (AvgIpc) is 2.86. The second kappa shape index (κ2) is 8.32. The molecule has 1 aromatic rings. The SMILES string of the molecule is CCCCNC(C)C(C)(C)CNC(=O)c1noc(CC)c1C. The minimum absolute atomic E-state index is 0.0331. The van der Waals surface area contributed by atoms with Crippen LogP contribution in [0.1, 0.15) is 69.3 Å². The Kier molecular flexibility index (Phi) is 7.07. The van der Waals surface area contributed by atoms with Crippen LogP contribution in [-0.2, 0) is 6.42 Å². The third kappa shape index (κ3) is 4.83. The Morgan fingerprint density at radius 1 is 1.36 bits per heavy atom. The zero-order valence-electron chi connectivity index (χ0n) is 14.9. The lowest BCUT2D eigenvalue weighted by molar-refractivity contribution is 0.0918. The molecule has 1 heterocycles. The van der Waals surface area contributed by atoms with E-state index in [-0.39, 0.29) is 11.3 Å². The van der Waals surface area contributed by atoms with Crippen molar-refractivity contribution >= 4 is 5.91 Å². The van der Waals surface area contributed by atoms with Gasteiger partial charge in [0.1, 0.15) is 5.76 Å². The van der Waals surface area contributed by atoms with Crippen molar-refractivity contribution in [2.45, 2.75) is 66.8 Å². The maximum absolute atomic E-state index is 12.3. The second-order valence-corrected chi connectivity index (χ2v) is 6.63. The molecule has 2 N–H and O–H groups in total. The summed E-state index contributed by atoms with van der Waals surface area (Å²) in [6, 6.07) is 0.323. The zero-order valence-corrected chi connectivity index (χ0v) is 14.9. The number of aryl methyl sites for hydroxylation is 1. The fourth-order valence-electron chi connectivity index (χ4n) is 2.23. The van der Waals surface area contributed by atoms with Crippen LogP contribution >= 0.6 is 0 Å². The van der Waals surface area contributed by atoms with Crippen molar-refractivity contribution in [2.24, 2.45) is 5.41 Å². The van der Waals surface area contributed by atoms with Crippen LogP contribution in [0.25, 0.3) is 0 Å². The summed E-state index contributed by atoms with van der Waals surface area (Å²) in [5.74, 6) is 0.619. The Morgan fingerprint density at radius 3 is 2.59 bits per heavy atom. The number of aromatic nitrogens is 1. The molecule has 1 unspecified atom stereocenters. The first kappa shape index (κ1) is 18.7. The maximum Gasteiger partial charge on any atom is 0.273 e. The Hall–Kier alpha value is -1.36. The van der Waals surface area contributed by atoms with Gasteiger partial charge in [-0.1, -0.05) is 39.3 Å². The van der Waals surface area contributed by atoms with E-state index >= 15 is 0 Å². The van der Waals surface area contributed by atoms with Gasteiger partial charge in [-0.2, -0.15) is 0 Å². The molecule has 0 aliphatic heterocycles. The van der Waals surface area contributed by atoms with Crippen molar-refractivity contribution in [1.82, 2.24) is 15.8 Å². The van der Waals surface area contributed by atoms with Crippen LogP contribution in [0.15, 0.2) is 4.52 Å². The Labute approximate surface area is 134 Å². The molecule has 0 saturated heterocycles. The van der Waals surface area contributed by atoms with Crippen molar-refractivity contribution in [3.8, 4) is 0 Å². The molecule has 0 spiro atoms. The largest absolute Gasteiger partial charge is 0.360 e. The Bertz CT molecular complexity index is 480. The topological polar surface area (TPSA) is 67.2 Å². The highest BCUT2D eigenvalue weighted by Crippen LogP contribution is 2.20. The van der Waals surface area contributed by atoms with Crippen molar-refractivity contribution in [1.29, 1.82) is 0 Å². The third-order valence-corrected chi connectivity index (χ3v) is 4.41. The predicted octanol–water partition coefficient (Wildman–Crippen LogP) is 3.08. The normalized spacial score (nSPS) is 13.2. The van der Waals surface area contributed by atoms with Gasteiger partial charge in [0.15, 0.2) is 5.69 Å². The number of nitrogens with zero attached hydrogens (tertiary/aromatic N) is 1. The molecule has 0 aliphatic rings. The van der Waals surface area contributed by atoms with Gasteiger partial charge in [-0.25, -0.2) is 0 Å². The maximum atomic E-state index is 12.3. The fraction of sp³-hybridized carbons (Fsp3) is 0.765. The molecule has 0 aromatic carbocycles. The Balaban J connectivity index is 2.56. The van der Waals surface area contributed by atoms with Crippen molar-refractivity contribution < 1.29 is 9.32 Å². The number of nitrogens with one attached hydrogen (secondary N) is 2. The first-order valence-electron chi connectivity index (χ1n) is 8.30. The van der Waals surface area contributed by atoms with Gasteiger partial charge in [0.2, 0.25) is 0 Å². The summed E-state index contributed by atoms with van der Waals surface area (Å²) < 4.78 is 5.19. The van der Waals surface area contributed by atoms with Crippen LogP contribution in [0, 0.1) is 12.3 Å². The number of carbonyl (C=O) groups is 1. The lowest BCUT2D eigenvalue weighted by Gasteiger charge is -2.32. The highest BCUT2D eigenvalue weighted by Gasteiger charge is 2.27. The summed E-state index contributed by atoms with van der Waals surface area (Å²) in [6.45, 7) is 14.1. The zero-order chi connectivity index (χ0) is 16.8. The van der Waals surface area contributed by atoms with Gasteiger partial charge >= 0.3 is 0 Å². The quantitative estimate of drug-likeness (QED) is 0.688. The smallest absolute Gasteiger partial charge is 0.273 e. The molecule has 1 rings (SSSR count). The molecule has 126 valence electrons. The standard InChI is InChI=1S/C17H31N3O2/c1-7-9-10-18-13(4)17(5,6)11-19-16(21)15-12(3)14(8-2)22-20-15/h13,18H,7-11H2,1-6H3,(H,19,21). The summed E-state index contributed by atoms with van der Waals surface area (Å²) >= 11 is 0. The van der Waals surface area contributed by atoms with Crippen LogP contribution in [-0.4, -0.2) is 30.2 Å². The van der Waals surface area contributed by atoms with E-state index in [1.54, 1.807) is 0 Å². The summed E-state index contributed by atoms with van der Waals surface area (Å²) in [7, 11) is 0. The molecule has 0 aliphatic carbocycles. The van der Waals surface area contributed by atoms with Gasteiger partial charge < -0.3 is 15.2 Å². The third-order valence-electron chi connectivity index (χ3n) is 4.41. The highest BCUT2D eigenvalue weighted by atomic mass is 16.5. The lowest BCUT2D eigenvalue weighted by Crippen LogP contribution is -2.47. The molecule has 5 heteroatoms. The molecule has 0 radical (unpaired) electrons. The summed E-state index contributed by atoms with van der Waals surface area (Å²) in [4.78, 5) is 12.3. The molecule has 1 aromatic heterocycles. The molecule has 1 amide bonds. The van der Waals surface area contributed by atoms with E-state index in [1.165, 1.54) is 12.8 Å². The minimum atomic E-state index is -0.158. The van der Waals surface area contributed by atoms with E-state index < -0.39 is 0 Å². The van der Waals surface area contributed by atoms with Gasteiger partial charge in [0, 0.05) is 24.6 Å². The minimum Gasteiger partial charge on any atom is -0.360 e. The predicted molar refractivity (Wildman–Crippen MR) is 89.1 cm³/mol. The van der Waals surface area contributed by atoms with Gasteiger partial charge in [-0.05, 0) is 32.2 Å². The molecule has 5 nitrogen and oxygen atoms in total. The van der Waals surface area contributed by atoms with Crippen LogP contribution < -0.4 is 10.6 Å².